The quantitative estimate of drug-likeness (QED) is 0.739. The van der Waals surface area contributed by atoms with Crippen LogP contribution in [0.5, 0.6) is 0 Å². The van der Waals surface area contributed by atoms with Crippen LogP contribution in [-0.2, 0) is 0 Å². The van der Waals surface area contributed by atoms with E-state index in [0.717, 1.165) is 29.7 Å². The fraction of sp³-hybridized carbons (Fsp3) is 0.143. The number of aliphatic imine (C=N–C) groups is 1. The third-order valence-electron chi connectivity index (χ3n) is 3.92. The van der Waals surface area contributed by atoms with E-state index in [4.69, 9.17) is 5.26 Å². The Balaban J connectivity index is 2.08. The van der Waals surface area contributed by atoms with Crippen LogP contribution < -0.4 is 0 Å². The highest BCUT2D eigenvalue weighted by Crippen LogP contribution is 2.29. The molecule has 1 aromatic carbocycles. The van der Waals surface area contributed by atoms with Crippen molar-refractivity contribution in [3.63, 3.8) is 0 Å². The first-order chi connectivity index (χ1) is 13.1. The van der Waals surface area contributed by atoms with Gasteiger partial charge in [-0.25, -0.2) is 19.4 Å². The van der Waals surface area contributed by atoms with Crippen molar-refractivity contribution in [3.8, 4) is 6.07 Å². The van der Waals surface area contributed by atoms with Gasteiger partial charge in [-0.2, -0.15) is 10.4 Å². The first kappa shape index (κ1) is 18.2. The van der Waals surface area contributed by atoms with E-state index in [2.05, 4.69) is 28.6 Å². The molecule has 0 unspecified atom stereocenters. The summed E-state index contributed by atoms with van der Waals surface area (Å²) in [5, 5.41) is 15.3. The molecule has 0 bridgehead atoms. The van der Waals surface area contributed by atoms with Crippen molar-refractivity contribution < 1.29 is 4.39 Å². The lowest BCUT2D eigenvalue weighted by Crippen LogP contribution is -2.21. The van der Waals surface area contributed by atoms with E-state index < -0.39 is 0 Å². The van der Waals surface area contributed by atoms with E-state index in [1.165, 1.54) is 12.1 Å². The Kier molecular flexibility index (Phi) is 5.53. The van der Waals surface area contributed by atoms with Crippen LogP contribution in [-0.4, -0.2) is 21.9 Å². The van der Waals surface area contributed by atoms with Gasteiger partial charge in [0.15, 0.2) is 0 Å². The standard InChI is InChI=1S/C21H18FN5/c1-3-4-10-25-27-15(2)26-20(16-5-7-18(22)8-6-16)13-21(27)17-9-11-24-19(12-17)14-23/h5-13H,2-4H2,1H3/b25-10-. The van der Waals surface area contributed by atoms with Crippen molar-refractivity contribution in [2.75, 3.05) is 0 Å². The zero-order chi connectivity index (χ0) is 19.2. The first-order valence-corrected chi connectivity index (χ1v) is 8.56. The van der Waals surface area contributed by atoms with Crippen LogP contribution in [0.15, 0.2) is 71.2 Å². The maximum absolute atomic E-state index is 13.3. The smallest absolute Gasteiger partial charge is 0.147 e. The number of hydrogen-bond acceptors (Lipinski definition) is 5. The molecular weight excluding hydrogens is 341 g/mol. The Bertz CT molecular complexity index is 980. The topological polar surface area (TPSA) is 64.6 Å². The molecule has 0 aliphatic carbocycles. The van der Waals surface area contributed by atoms with Gasteiger partial charge >= 0.3 is 0 Å². The van der Waals surface area contributed by atoms with E-state index in [-0.39, 0.29) is 5.82 Å². The molecule has 0 amide bonds. The largest absolute Gasteiger partial charge is 0.246 e. The molecule has 27 heavy (non-hydrogen) atoms. The highest BCUT2D eigenvalue weighted by Gasteiger charge is 2.21. The summed E-state index contributed by atoms with van der Waals surface area (Å²) in [6.45, 7) is 6.09. The van der Waals surface area contributed by atoms with Gasteiger partial charge in [-0.15, -0.1) is 0 Å². The fourth-order valence-corrected chi connectivity index (χ4v) is 2.57. The Labute approximate surface area is 157 Å². The number of unbranched alkanes of at least 4 members (excludes halogenated alkanes) is 1. The number of hydrazone groups is 1. The second-order valence-corrected chi connectivity index (χ2v) is 5.89. The van der Waals surface area contributed by atoms with Crippen LogP contribution in [0.2, 0.25) is 0 Å². The van der Waals surface area contributed by atoms with Crippen molar-refractivity contribution in [3.05, 3.63) is 83.7 Å². The zero-order valence-electron chi connectivity index (χ0n) is 14.9. The van der Waals surface area contributed by atoms with Gasteiger partial charge in [0.1, 0.15) is 23.4 Å². The molecule has 6 heteroatoms. The van der Waals surface area contributed by atoms with Crippen LogP contribution >= 0.6 is 0 Å². The fourth-order valence-electron chi connectivity index (χ4n) is 2.57. The summed E-state index contributed by atoms with van der Waals surface area (Å²) in [7, 11) is 0. The summed E-state index contributed by atoms with van der Waals surface area (Å²) in [4.78, 5) is 8.54. The normalized spacial score (nSPS) is 14.1. The number of rotatable bonds is 5. The summed E-state index contributed by atoms with van der Waals surface area (Å²) in [5.41, 5.74) is 3.21. The Morgan fingerprint density at radius 3 is 2.74 bits per heavy atom. The number of benzene rings is 1. The van der Waals surface area contributed by atoms with E-state index in [1.54, 1.807) is 35.5 Å². The van der Waals surface area contributed by atoms with Crippen LogP contribution in [0.1, 0.15) is 36.6 Å². The molecule has 5 nitrogen and oxygen atoms in total. The minimum atomic E-state index is -0.309. The van der Waals surface area contributed by atoms with Crippen molar-refractivity contribution in [1.82, 2.24) is 9.99 Å². The van der Waals surface area contributed by atoms with Crippen molar-refractivity contribution in [2.45, 2.75) is 19.8 Å². The summed E-state index contributed by atoms with van der Waals surface area (Å²) in [6, 6.07) is 11.6. The SMILES string of the molecule is C=C1N=C(c2ccc(F)cc2)C=C(c2ccnc(C#N)c2)N1/N=C\CCC. The minimum Gasteiger partial charge on any atom is -0.246 e. The van der Waals surface area contributed by atoms with Gasteiger partial charge < -0.3 is 0 Å². The molecule has 2 aromatic rings. The minimum absolute atomic E-state index is 0.308. The summed E-state index contributed by atoms with van der Waals surface area (Å²) >= 11 is 0. The number of hydrogen-bond donors (Lipinski definition) is 0. The number of pyridine rings is 1. The molecule has 0 fully saturated rings. The molecule has 0 spiro atoms. The average Bonchev–Trinajstić information content (AvgIpc) is 2.69. The third-order valence-corrected chi connectivity index (χ3v) is 3.92. The third kappa shape index (κ3) is 4.15. The van der Waals surface area contributed by atoms with E-state index >= 15 is 0 Å². The highest BCUT2D eigenvalue weighted by molar-refractivity contribution is 6.13. The highest BCUT2D eigenvalue weighted by atomic mass is 19.1. The molecule has 0 atom stereocenters. The second kappa shape index (κ2) is 8.19. The number of allylic oxidation sites excluding steroid dienone is 1. The molecule has 0 saturated heterocycles. The van der Waals surface area contributed by atoms with E-state index in [9.17, 15) is 4.39 Å². The van der Waals surface area contributed by atoms with Crippen LogP contribution in [0, 0.1) is 17.1 Å². The van der Waals surface area contributed by atoms with E-state index in [1.807, 2.05) is 18.4 Å². The first-order valence-electron chi connectivity index (χ1n) is 8.56. The summed E-state index contributed by atoms with van der Waals surface area (Å²) < 4.78 is 13.3. The Morgan fingerprint density at radius 2 is 2.04 bits per heavy atom. The number of aromatic nitrogens is 1. The average molecular weight is 359 g/mol. The van der Waals surface area contributed by atoms with Gasteiger partial charge in [0.2, 0.25) is 0 Å². The van der Waals surface area contributed by atoms with Crippen LogP contribution in [0.25, 0.3) is 5.70 Å². The molecule has 0 radical (unpaired) electrons. The van der Waals surface area contributed by atoms with Crippen molar-refractivity contribution in [1.29, 1.82) is 5.26 Å². The number of nitrogens with zero attached hydrogens (tertiary/aromatic N) is 5. The summed E-state index contributed by atoms with van der Waals surface area (Å²) in [6.07, 6.45) is 7.03. The van der Waals surface area contributed by atoms with Gasteiger partial charge in [0, 0.05) is 23.5 Å². The Morgan fingerprint density at radius 1 is 1.26 bits per heavy atom. The zero-order valence-corrected chi connectivity index (χ0v) is 14.9. The molecule has 0 saturated carbocycles. The molecule has 0 N–H and O–H groups in total. The van der Waals surface area contributed by atoms with Crippen molar-refractivity contribution >= 4 is 17.6 Å². The summed E-state index contributed by atoms with van der Waals surface area (Å²) in [5.74, 6) is 0.131. The number of halogens is 1. The van der Waals surface area contributed by atoms with Gasteiger partial charge in [-0.1, -0.05) is 19.9 Å². The van der Waals surface area contributed by atoms with Gasteiger partial charge in [-0.05, 0) is 48.9 Å². The predicted molar refractivity (Wildman–Crippen MR) is 104 cm³/mol. The molecule has 1 aromatic heterocycles. The van der Waals surface area contributed by atoms with Gasteiger partial charge in [0.05, 0.1) is 11.4 Å². The van der Waals surface area contributed by atoms with E-state index in [0.29, 0.717) is 17.2 Å². The lowest BCUT2D eigenvalue weighted by molar-refractivity contribution is 0.517. The number of nitriles is 1. The maximum Gasteiger partial charge on any atom is 0.147 e. The van der Waals surface area contributed by atoms with Crippen LogP contribution in [0.3, 0.4) is 0 Å². The molecule has 1 aliphatic rings. The Hall–Kier alpha value is -3.59. The van der Waals surface area contributed by atoms with Crippen LogP contribution in [0.4, 0.5) is 4.39 Å². The molecular formula is C21H18FN5. The lowest BCUT2D eigenvalue weighted by atomic mass is 10.0. The van der Waals surface area contributed by atoms with Gasteiger partial charge in [-0.3, -0.25) is 0 Å². The monoisotopic (exact) mass is 359 g/mol. The van der Waals surface area contributed by atoms with Gasteiger partial charge in [0.25, 0.3) is 0 Å². The second-order valence-electron chi connectivity index (χ2n) is 5.89. The molecule has 3 rings (SSSR count). The molecule has 134 valence electrons. The van der Waals surface area contributed by atoms with Crippen molar-refractivity contribution in [2.24, 2.45) is 10.1 Å². The predicted octanol–water partition coefficient (Wildman–Crippen LogP) is 4.50. The lowest BCUT2D eigenvalue weighted by Gasteiger charge is -2.26. The molecule has 2 heterocycles. The maximum atomic E-state index is 13.3. The molecule has 1 aliphatic heterocycles.